The number of hydrogen-bond acceptors (Lipinski definition) is 7. The van der Waals surface area contributed by atoms with Crippen LogP contribution < -0.4 is 5.32 Å². The monoisotopic (exact) mass is 717 g/mol. The standard InChI is InChI=1S/C24H20ClF3IN9O4/c1-12-7-13(29)8-15(22(40)35(2)36(3)23(41)42)19(12)31-21(39)17-9-14(10-37-11-18(32-34-37)24(26,27)28)33-38(17)20-16(25)5-4-6-30-20/h4-9,11H,10H2,1-3H3,(H,31,39)(H,41,42). The van der Waals surface area contributed by atoms with Crippen molar-refractivity contribution >= 4 is 57.8 Å². The third kappa shape index (κ3) is 6.46. The Morgan fingerprint density at radius 1 is 1.17 bits per heavy atom. The number of anilines is 1. The summed E-state index contributed by atoms with van der Waals surface area (Å²) in [5.41, 5.74) is -0.587. The normalized spacial score (nSPS) is 11.3. The Kier molecular flexibility index (Phi) is 8.71. The van der Waals surface area contributed by atoms with Crippen LogP contribution in [0.5, 0.6) is 0 Å². The van der Waals surface area contributed by atoms with Gasteiger partial charge in [-0.1, -0.05) is 16.8 Å². The molecule has 3 amide bonds. The van der Waals surface area contributed by atoms with Gasteiger partial charge in [-0.05, 0) is 65.4 Å². The summed E-state index contributed by atoms with van der Waals surface area (Å²) in [7, 11) is 2.44. The van der Waals surface area contributed by atoms with Crippen molar-refractivity contribution in [1.29, 1.82) is 0 Å². The number of aryl methyl sites for hydroxylation is 1. The number of carbonyl (C=O) groups is 3. The zero-order chi connectivity index (χ0) is 30.9. The first-order valence-electron chi connectivity index (χ1n) is 11.7. The number of amides is 3. The molecular formula is C24H20ClF3IN9O4. The van der Waals surface area contributed by atoms with Crippen LogP contribution in [0.4, 0.5) is 23.7 Å². The van der Waals surface area contributed by atoms with Crippen molar-refractivity contribution in [3.8, 4) is 5.82 Å². The fraction of sp³-hybridized carbons (Fsp3) is 0.208. The molecule has 0 aliphatic heterocycles. The van der Waals surface area contributed by atoms with Crippen LogP contribution in [-0.2, 0) is 12.7 Å². The van der Waals surface area contributed by atoms with E-state index in [1.54, 1.807) is 19.1 Å². The topological polar surface area (TPSA) is 151 Å². The van der Waals surface area contributed by atoms with Crippen molar-refractivity contribution in [1.82, 2.24) is 39.8 Å². The lowest BCUT2D eigenvalue weighted by Crippen LogP contribution is -2.44. The molecule has 0 aliphatic rings. The summed E-state index contributed by atoms with van der Waals surface area (Å²) in [4.78, 5) is 42.5. The molecule has 0 aliphatic carbocycles. The maximum Gasteiger partial charge on any atom is 0.436 e. The Morgan fingerprint density at radius 2 is 1.88 bits per heavy atom. The van der Waals surface area contributed by atoms with E-state index >= 15 is 0 Å². The van der Waals surface area contributed by atoms with Crippen molar-refractivity contribution < 1.29 is 32.7 Å². The summed E-state index contributed by atoms with van der Waals surface area (Å²) in [5.74, 6) is -1.42. The molecule has 0 bridgehead atoms. The van der Waals surface area contributed by atoms with Crippen LogP contribution in [0.15, 0.2) is 42.7 Å². The van der Waals surface area contributed by atoms with Gasteiger partial charge in [0.15, 0.2) is 11.5 Å². The number of hydrazine groups is 1. The molecule has 0 atom stereocenters. The minimum absolute atomic E-state index is 0.00722. The fourth-order valence-corrected chi connectivity index (χ4v) is 4.71. The molecule has 42 heavy (non-hydrogen) atoms. The number of alkyl halides is 3. The van der Waals surface area contributed by atoms with E-state index in [1.165, 1.54) is 38.5 Å². The predicted molar refractivity (Wildman–Crippen MR) is 150 cm³/mol. The number of hydrogen-bond donors (Lipinski definition) is 2. The molecule has 4 rings (SSSR count). The van der Waals surface area contributed by atoms with Gasteiger partial charge in [0.2, 0.25) is 0 Å². The first-order valence-corrected chi connectivity index (χ1v) is 13.2. The van der Waals surface area contributed by atoms with Gasteiger partial charge in [-0.25, -0.2) is 29.2 Å². The van der Waals surface area contributed by atoms with Gasteiger partial charge in [-0.3, -0.25) is 9.59 Å². The lowest BCUT2D eigenvalue weighted by molar-refractivity contribution is -0.141. The van der Waals surface area contributed by atoms with E-state index in [1.807, 2.05) is 22.6 Å². The number of pyridine rings is 1. The minimum atomic E-state index is -4.70. The molecule has 1 aromatic carbocycles. The summed E-state index contributed by atoms with van der Waals surface area (Å²) in [5, 5.41) is 24.6. The van der Waals surface area contributed by atoms with Gasteiger partial charge in [-0.2, -0.15) is 18.3 Å². The van der Waals surface area contributed by atoms with E-state index < -0.39 is 29.8 Å². The van der Waals surface area contributed by atoms with Crippen LogP contribution in [0.2, 0.25) is 5.02 Å². The number of aromatic nitrogens is 6. The van der Waals surface area contributed by atoms with Gasteiger partial charge in [0.25, 0.3) is 11.8 Å². The van der Waals surface area contributed by atoms with Gasteiger partial charge in [0.1, 0.15) is 5.69 Å². The van der Waals surface area contributed by atoms with Crippen LogP contribution >= 0.6 is 34.2 Å². The number of rotatable bonds is 6. The highest BCUT2D eigenvalue weighted by Gasteiger charge is 2.34. The van der Waals surface area contributed by atoms with E-state index in [4.69, 9.17) is 11.6 Å². The van der Waals surface area contributed by atoms with Crippen LogP contribution in [0.3, 0.4) is 0 Å². The number of nitrogens with zero attached hydrogens (tertiary/aromatic N) is 8. The van der Waals surface area contributed by atoms with Crippen LogP contribution in [0.1, 0.15) is 37.8 Å². The van der Waals surface area contributed by atoms with Crippen LogP contribution in [0.25, 0.3) is 5.82 Å². The largest absolute Gasteiger partial charge is 0.464 e. The van der Waals surface area contributed by atoms with Crippen LogP contribution in [-0.4, -0.2) is 76.9 Å². The van der Waals surface area contributed by atoms with Crippen molar-refractivity contribution in [2.45, 2.75) is 19.6 Å². The molecule has 2 N–H and O–H groups in total. The van der Waals surface area contributed by atoms with E-state index in [-0.39, 0.29) is 40.0 Å². The molecule has 4 aromatic rings. The number of halogens is 5. The van der Waals surface area contributed by atoms with E-state index in [2.05, 4.69) is 25.7 Å². The number of carboxylic acid groups (broad SMARTS) is 1. The minimum Gasteiger partial charge on any atom is -0.464 e. The molecule has 0 radical (unpaired) electrons. The highest BCUT2D eigenvalue weighted by molar-refractivity contribution is 14.1. The smallest absolute Gasteiger partial charge is 0.436 e. The zero-order valence-corrected chi connectivity index (χ0v) is 24.8. The summed E-state index contributed by atoms with van der Waals surface area (Å²) in [6, 6.07) is 7.56. The SMILES string of the molecule is Cc1cc(I)cc(C(=O)N(C)N(C)C(=O)O)c1NC(=O)c1cc(Cn2cc(C(F)(F)F)nn2)nn1-c1ncccc1Cl. The number of benzene rings is 1. The summed E-state index contributed by atoms with van der Waals surface area (Å²) >= 11 is 8.29. The van der Waals surface area contributed by atoms with Crippen molar-refractivity contribution in [2.75, 3.05) is 19.4 Å². The highest BCUT2D eigenvalue weighted by atomic mass is 127. The molecule has 0 saturated carbocycles. The summed E-state index contributed by atoms with van der Waals surface area (Å²) in [6.45, 7) is 1.37. The molecule has 0 fully saturated rings. The Morgan fingerprint density at radius 3 is 2.50 bits per heavy atom. The van der Waals surface area contributed by atoms with Crippen LogP contribution in [0, 0.1) is 10.5 Å². The second-order valence-electron chi connectivity index (χ2n) is 8.77. The molecule has 220 valence electrons. The van der Waals surface area contributed by atoms with Gasteiger partial charge < -0.3 is 10.4 Å². The lowest BCUT2D eigenvalue weighted by Gasteiger charge is -2.26. The fourth-order valence-electron chi connectivity index (χ4n) is 3.73. The number of carbonyl (C=O) groups excluding carboxylic acids is 2. The van der Waals surface area contributed by atoms with Crippen molar-refractivity contribution in [3.63, 3.8) is 0 Å². The summed E-state index contributed by atoms with van der Waals surface area (Å²) < 4.78 is 41.7. The van der Waals surface area contributed by atoms with Gasteiger partial charge >= 0.3 is 12.3 Å². The molecule has 0 unspecified atom stereocenters. The van der Waals surface area contributed by atoms with E-state index in [9.17, 15) is 32.7 Å². The summed E-state index contributed by atoms with van der Waals surface area (Å²) in [6.07, 6.45) is -3.97. The quantitative estimate of drug-likeness (QED) is 0.221. The molecule has 3 heterocycles. The third-order valence-electron chi connectivity index (χ3n) is 5.88. The molecule has 13 nitrogen and oxygen atoms in total. The molecule has 0 saturated heterocycles. The first-order chi connectivity index (χ1) is 19.7. The third-order valence-corrected chi connectivity index (χ3v) is 6.79. The Bertz CT molecular complexity index is 1690. The maximum atomic E-state index is 13.7. The highest BCUT2D eigenvalue weighted by Crippen LogP contribution is 2.29. The second kappa shape index (κ2) is 11.9. The molecule has 18 heteroatoms. The first kappa shape index (κ1) is 30.7. The van der Waals surface area contributed by atoms with Crippen molar-refractivity contribution in [3.05, 3.63) is 79.5 Å². The Balaban J connectivity index is 1.75. The maximum absolute atomic E-state index is 13.7. The van der Waals surface area contributed by atoms with Gasteiger partial charge in [-0.15, -0.1) is 5.10 Å². The van der Waals surface area contributed by atoms with E-state index in [0.717, 1.165) is 14.4 Å². The number of nitrogens with one attached hydrogen (secondary N) is 1. The van der Waals surface area contributed by atoms with Gasteiger partial charge in [0, 0.05) is 23.9 Å². The average Bonchev–Trinajstić information content (AvgIpc) is 3.56. The van der Waals surface area contributed by atoms with E-state index in [0.29, 0.717) is 20.3 Å². The molecular weight excluding hydrogens is 698 g/mol. The Hall–Kier alpha value is -4.26. The van der Waals surface area contributed by atoms with Gasteiger partial charge in [0.05, 0.1) is 34.7 Å². The molecule has 0 spiro atoms. The second-order valence-corrected chi connectivity index (χ2v) is 10.4. The zero-order valence-electron chi connectivity index (χ0n) is 21.9. The van der Waals surface area contributed by atoms with Crippen molar-refractivity contribution in [2.24, 2.45) is 0 Å². The molecule has 3 aromatic heterocycles. The predicted octanol–water partition coefficient (Wildman–Crippen LogP) is 4.34. The Labute approximate surface area is 254 Å². The average molecular weight is 718 g/mol. The lowest BCUT2D eigenvalue weighted by atomic mass is 10.1.